The molecule has 5 N–H and O–H groups in total. The van der Waals surface area contributed by atoms with E-state index < -0.39 is 6.04 Å². The summed E-state index contributed by atoms with van der Waals surface area (Å²) in [5, 5.41) is 2.67. The Morgan fingerprint density at radius 2 is 2.23 bits per heavy atom. The third-order valence-corrected chi connectivity index (χ3v) is 1.62. The Hall–Kier alpha value is -1.05. The summed E-state index contributed by atoms with van der Waals surface area (Å²) in [6.07, 6.45) is 6.58. The smallest absolute Gasteiger partial charge is 0.236 e. The summed E-state index contributed by atoms with van der Waals surface area (Å²) in [5.41, 5.74) is 10.8. The van der Waals surface area contributed by atoms with E-state index in [1.807, 2.05) is 0 Å². The fraction of sp³-hybridized carbons (Fsp3) is 0.667. The molecule has 0 aliphatic heterocycles. The Kier molecular flexibility index (Phi) is 5.94. The Morgan fingerprint density at radius 3 is 2.69 bits per heavy atom. The van der Waals surface area contributed by atoms with Crippen LogP contribution in [0.1, 0.15) is 19.8 Å². The summed E-state index contributed by atoms with van der Waals surface area (Å²) >= 11 is 0. The van der Waals surface area contributed by atoms with Crippen LogP contribution in [0, 0.1) is 12.3 Å². The van der Waals surface area contributed by atoms with Gasteiger partial charge in [-0.25, -0.2) is 0 Å². The van der Waals surface area contributed by atoms with Gasteiger partial charge in [0.1, 0.15) is 0 Å². The molecule has 0 rings (SSSR count). The minimum atomic E-state index is -0.457. The van der Waals surface area contributed by atoms with Gasteiger partial charge in [0.15, 0.2) is 0 Å². The van der Waals surface area contributed by atoms with Crippen LogP contribution in [0.15, 0.2) is 0 Å². The Bertz CT molecular complexity index is 196. The van der Waals surface area contributed by atoms with Gasteiger partial charge < -0.3 is 16.8 Å². The van der Waals surface area contributed by atoms with Crippen LogP contribution in [0.4, 0.5) is 0 Å². The summed E-state index contributed by atoms with van der Waals surface area (Å²) < 4.78 is 0. The van der Waals surface area contributed by atoms with Gasteiger partial charge in [-0.3, -0.25) is 4.79 Å². The standard InChI is InChI=1S/C9H17N3O/c1-3-8(11)5-4-6-12-9(13)7(2)10/h1,7-8H,4-6,10-11H2,2H3,(H,12,13). The lowest BCUT2D eigenvalue weighted by Crippen LogP contribution is -2.38. The molecule has 4 nitrogen and oxygen atoms in total. The first kappa shape index (κ1) is 11.9. The van der Waals surface area contributed by atoms with Gasteiger partial charge in [-0.05, 0) is 19.8 Å². The van der Waals surface area contributed by atoms with Gasteiger partial charge in [0.05, 0.1) is 12.1 Å². The highest BCUT2D eigenvalue weighted by molar-refractivity contribution is 5.80. The van der Waals surface area contributed by atoms with E-state index in [9.17, 15) is 4.79 Å². The van der Waals surface area contributed by atoms with Crippen molar-refractivity contribution in [3.63, 3.8) is 0 Å². The zero-order valence-electron chi connectivity index (χ0n) is 7.92. The minimum Gasteiger partial charge on any atom is -0.355 e. The fourth-order valence-electron chi connectivity index (χ4n) is 0.778. The second-order valence-corrected chi connectivity index (χ2v) is 3.00. The molecule has 1 amide bonds. The van der Waals surface area contributed by atoms with Crippen LogP contribution in [0.5, 0.6) is 0 Å². The number of amides is 1. The first-order valence-electron chi connectivity index (χ1n) is 4.33. The number of carbonyl (C=O) groups is 1. The molecule has 0 aliphatic carbocycles. The normalized spacial score (nSPS) is 14.3. The summed E-state index contributed by atoms with van der Waals surface area (Å²) in [5.74, 6) is 2.27. The third kappa shape index (κ3) is 6.14. The summed E-state index contributed by atoms with van der Waals surface area (Å²) in [4.78, 5) is 10.9. The maximum absolute atomic E-state index is 10.9. The average Bonchev–Trinajstić information content (AvgIpc) is 2.11. The van der Waals surface area contributed by atoms with Crippen molar-refractivity contribution in [3.05, 3.63) is 0 Å². The molecule has 0 aliphatic rings. The molecular weight excluding hydrogens is 166 g/mol. The monoisotopic (exact) mass is 183 g/mol. The van der Waals surface area contributed by atoms with Crippen molar-refractivity contribution in [2.24, 2.45) is 11.5 Å². The molecule has 0 spiro atoms. The number of hydrogen-bond acceptors (Lipinski definition) is 3. The molecule has 13 heavy (non-hydrogen) atoms. The Balaban J connectivity index is 3.37. The zero-order valence-corrected chi connectivity index (χ0v) is 7.92. The molecule has 0 aromatic carbocycles. The molecule has 0 heterocycles. The average molecular weight is 183 g/mol. The van der Waals surface area contributed by atoms with Crippen molar-refractivity contribution in [2.45, 2.75) is 31.8 Å². The highest BCUT2D eigenvalue weighted by atomic mass is 16.2. The van der Waals surface area contributed by atoms with Crippen LogP contribution < -0.4 is 16.8 Å². The van der Waals surface area contributed by atoms with E-state index in [1.165, 1.54) is 0 Å². The number of nitrogens with one attached hydrogen (secondary N) is 1. The van der Waals surface area contributed by atoms with Crippen molar-refractivity contribution >= 4 is 5.91 Å². The number of carbonyl (C=O) groups excluding carboxylic acids is 1. The van der Waals surface area contributed by atoms with Crippen LogP contribution in [0.2, 0.25) is 0 Å². The maximum atomic E-state index is 10.9. The molecule has 0 saturated carbocycles. The van der Waals surface area contributed by atoms with Gasteiger partial charge in [-0.15, -0.1) is 6.42 Å². The van der Waals surface area contributed by atoms with E-state index >= 15 is 0 Å². The topological polar surface area (TPSA) is 81.1 Å². The molecule has 2 unspecified atom stereocenters. The Morgan fingerprint density at radius 1 is 1.62 bits per heavy atom. The quantitative estimate of drug-likeness (QED) is 0.385. The number of hydrogen-bond donors (Lipinski definition) is 3. The molecule has 2 atom stereocenters. The van der Waals surface area contributed by atoms with Crippen LogP contribution >= 0.6 is 0 Å². The van der Waals surface area contributed by atoms with Crippen LogP contribution in [0.3, 0.4) is 0 Å². The van der Waals surface area contributed by atoms with E-state index in [0.29, 0.717) is 6.54 Å². The number of rotatable bonds is 5. The van der Waals surface area contributed by atoms with Crippen molar-refractivity contribution in [1.82, 2.24) is 5.32 Å². The van der Waals surface area contributed by atoms with Crippen LogP contribution in [-0.4, -0.2) is 24.5 Å². The van der Waals surface area contributed by atoms with Gasteiger partial charge in [0.25, 0.3) is 0 Å². The molecule has 0 radical (unpaired) electrons. The lowest BCUT2D eigenvalue weighted by Gasteiger charge is -2.08. The largest absolute Gasteiger partial charge is 0.355 e. The van der Waals surface area contributed by atoms with E-state index in [1.54, 1.807) is 6.92 Å². The summed E-state index contributed by atoms with van der Waals surface area (Å²) in [6.45, 7) is 2.22. The van der Waals surface area contributed by atoms with E-state index in [2.05, 4.69) is 11.2 Å². The lowest BCUT2D eigenvalue weighted by molar-refractivity contribution is -0.121. The van der Waals surface area contributed by atoms with Gasteiger partial charge >= 0.3 is 0 Å². The number of nitrogens with two attached hydrogens (primary N) is 2. The Labute approximate surface area is 79.0 Å². The van der Waals surface area contributed by atoms with E-state index in [0.717, 1.165) is 12.8 Å². The molecular formula is C9H17N3O. The summed E-state index contributed by atoms with van der Waals surface area (Å²) in [7, 11) is 0. The third-order valence-electron chi connectivity index (χ3n) is 1.62. The summed E-state index contributed by atoms with van der Waals surface area (Å²) in [6, 6.07) is -0.673. The minimum absolute atomic E-state index is 0.144. The number of terminal acetylenes is 1. The molecule has 74 valence electrons. The predicted molar refractivity (Wildman–Crippen MR) is 52.7 cm³/mol. The van der Waals surface area contributed by atoms with Crippen LogP contribution in [0.25, 0.3) is 0 Å². The SMILES string of the molecule is C#CC(N)CCCNC(=O)C(C)N. The van der Waals surface area contributed by atoms with Gasteiger partial charge in [0, 0.05) is 6.54 Å². The second-order valence-electron chi connectivity index (χ2n) is 3.00. The highest BCUT2D eigenvalue weighted by Gasteiger charge is 2.05. The van der Waals surface area contributed by atoms with Crippen molar-refractivity contribution in [3.8, 4) is 12.3 Å². The van der Waals surface area contributed by atoms with Crippen molar-refractivity contribution < 1.29 is 4.79 Å². The van der Waals surface area contributed by atoms with Crippen molar-refractivity contribution in [2.75, 3.05) is 6.54 Å². The van der Waals surface area contributed by atoms with Crippen molar-refractivity contribution in [1.29, 1.82) is 0 Å². The first-order chi connectivity index (χ1) is 6.07. The first-order valence-corrected chi connectivity index (χ1v) is 4.33. The zero-order chi connectivity index (χ0) is 10.3. The van der Waals surface area contributed by atoms with E-state index in [-0.39, 0.29) is 11.9 Å². The highest BCUT2D eigenvalue weighted by Crippen LogP contribution is 1.91. The van der Waals surface area contributed by atoms with Gasteiger partial charge in [-0.2, -0.15) is 0 Å². The molecule has 0 aromatic rings. The van der Waals surface area contributed by atoms with Gasteiger partial charge in [0.2, 0.25) is 5.91 Å². The van der Waals surface area contributed by atoms with Gasteiger partial charge in [-0.1, -0.05) is 5.92 Å². The molecule has 0 bridgehead atoms. The molecule has 0 aromatic heterocycles. The lowest BCUT2D eigenvalue weighted by atomic mass is 10.2. The predicted octanol–water partition coefficient (Wildman–Crippen LogP) is -0.809. The van der Waals surface area contributed by atoms with E-state index in [4.69, 9.17) is 17.9 Å². The molecule has 4 heteroatoms. The second kappa shape index (κ2) is 6.46. The molecule has 0 saturated heterocycles. The fourth-order valence-corrected chi connectivity index (χ4v) is 0.778. The maximum Gasteiger partial charge on any atom is 0.236 e. The molecule has 0 fully saturated rings. The van der Waals surface area contributed by atoms with Crippen LogP contribution in [-0.2, 0) is 4.79 Å².